The van der Waals surface area contributed by atoms with E-state index in [4.69, 9.17) is 40.2 Å². The summed E-state index contributed by atoms with van der Waals surface area (Å²) in [6.07, 6.45) is 0. The topological polar surface area (TPSA) is 162 Å². The first-order valence-electron chi connectivity index (χ1n) is 4.73. The van der Waals surface area contributed by atoms with Crippen LogP contribution in [-0.4, -0.2) is 74.9 Å². The highest BCUT2D eigenvalue weighted by Crippen LogP contribution is 2.12. The molecule has 0 aromatic heterocycles. The first kappa shape index (κ1) is 32.9. The van der Waals surface area contributed by atoms with Crippen LogP contribution in [0, 0.1) is 0 Å². The molecule has 0 bridgehead atoms. The molecular formula is C4H19B4F4O8P. The van der Waals surface area contributed by atoms with Crippen LogP contribution in [0.25, 0.3) is 0 Å². The zero-order chi connectivity index (χ0) is 18.8. The van der Waals surface area contributed by atoms with Crippen molar-refractivity contribution in [2.75, 3.05) is 0 Å². The minimum absolute atomic E-state index is 0.417. The molecule has 128 valence electrons. The van der Waals surface area contributed by atoms with Crippen molar-refractivity contribution >= 4 is 38.8 Å². The molecule has 0 amide bonds. The van der Waals surface area contributed by atoms with E-state index in [0.29, 0.717) is 5.16 Å². The van der Waals surface area contributed by atoms with E-state index in [-0.39, 0.29) is 0 Å². The highest BCUT2D eigenvalue weighted by atomic mass is 31.0. The lowest BCUT2D eigenvalue weighted by Gasteiger charge is -2.05. The summed E-state index contributed by atoms with van der Waals surface area (Å²) in [6, 6.07) is 0. The summed E-state index contributed by atoms with van der Waals surface area (Å²) in [4.78, 5) is 0. The van der Waals surface area contributed by atoms with E-state index in [1.165, 1.54) is 0 Å². The Hall–Kier alpha value is 0.0897. The summed E-state index contributed by atoms with van der Waals surface area (Å²) >= 11 is 0. The maximum atomic E-state index is 10.1. The maximum absolute atomic E-state index is 10.1. The smallest absolute Gasteiger partial charge is 0.398 e. The molecule has 0 saturated heterocycles. The molecule has 1 unspecified atom stereocenters. The summed E-state index contributed by atoms with van der Waals surface area (Å²) in [5.74, 6) is 0. The number of rotatable bonds is 0. The lowest BCUT2D eigenvalue weighted by molar-refractivity contribution is 0.338. The average Bonchev–Trinajstić information content (AvgIpc) is 1.91. The number of hydrogen-bond donors (Lipinski definition) is 8. The van der Waals surface area contributed by atoms with Gasteiger partial charge in [0.25, 0.3) is 0 Å². The van der Waals surface area contributed by atoms with Gasteiger partial charge in [-0.1, -0.05) is 20.8 Å². The molecule has 17 heteroatoms. The predicted molar refractivity (Wildman–Crippen MR) is 74.7 cm³/mol. The van der Waals surface area contributed by atoms with E-state index >= 15 is 0 Å². The van der Waals surface area contributed by atoms with Crippen molar-refractivity contribution in [3.63, 3.8) is 0 Å². The van der Waals surface area contributed by atoms with Gasteiger partial charge in [0.1, 0.15) is 0 Å². The molecule has 1 atom stereocenters. The van der Waals surface area contributed by atoms with Crippen molar-refractivity contribution in [3.05, 3.63) is 0 Å². The Labute approximate surface area is 123 Å². The molecule has 0 radical (unpaired) electrons. The largest absolute Gasteiger partial charge is 0.674 e. The van der Waals surface area contributed by atoms with E-state index in [1.807, 2.05) is 0 Å². The van der Waals surface area contributed by atoms with Gasteiger partial charge in [-0.05, 0) is 5.16 Å². The van der Waals surface area contributed by atoms with Crippen molar-refractivity contribution in [1.82, 2.24) is 0 Å². The molecule has 0 aliphatic rings. The monoisotopic (exact) mass is 346 g/mol. The first-order chi connectivity index (χ1) is 8.93. The van der Waals surface area contributed by atoms with Gasteiger partial charge in [0.05, 0.1) is 0 Å². The van der Waals surface area contributed by atoms with Crippen LogP contribution < -0.4 is 0 Å². The summed E-state index contributed by atoms with van der Waals surface area (Å²) in [6.45, 7) is 6.45. The molecule has 0 fully saturated rings. The SMILES string of the molecule is CC(C)(C)P.OB(O)F.OB(O)F.OB(O)F.OB(O)F. The van der Waals surface area contributed by atoms with Gasteiger partial charge in [0.2, 0.25) is 0 Å². The van der Waals surface area contributed by atoms with Crippen LogP contribution in [0.4, 0.5) is 17.3 Å². The van der Waals surface area contributed by atoms with Crippen molar-refractivity contribution in [2.24, 2.45) is 0 Å². The summed E-state index contributed by atoms with van der Waals surface area (Å²) in [7, 11) is -7.95. The molecule has 8 N–H and O–H groups in total. The number of hydrogen-bond acceptors (Lipinski definition) is 8. The Morgan fingerprint density at radius 3 is 0.571 bits per heavy atom. The highest BCUT2D eigenvalue weighted by Gasteiger charge is 1.98. The fourth-order valence-corrected chi connectivity index (χ4v) is 0. The Balaban J connectivity index is -0.0000000510. The minimum atomic E-state index is -2.67. The Bertz CT molecular complexity index is 136. The van der Waals surface area contributed by atoms with Gasteiger partial charge in [-0.3, -0.25) is 17.3 Å². The van der Waals surface area contributed by atoms with Crippen LogP contribution in [0.5, 0.6) is 0 Å². The lowest BCUT2D eigenvalue weighted by Crippen LogP contribution is -1.98. The molecule has 21 heavy (non-hydrogen) atoms. The summed E-state index contributed by atoms with van der Waals surface area (Å²) in [5, 5.41) is 56.0. The van der Waals surface area contributed by atoms with Crippen molar-refractivity contribution < 1.29 is 57.5 Å². The Morgan fingerprint density at radius 2 is 0.571 bits per heavy atom. The zero-order valence-corrected chi connectivity index (χ0v) is 12.6. The first-order valence-corrected chi connectivity index (χ1v) is 5.30. The van der Waals surface area contributed by atoms with Gasteiger partial charge >= 0.3 is 29.6 Å². The third-order valence-corrected chi connectivity index (χ3v) is 0. The fourth-order valence-electron chi connectivity index (χ4n) is 0. The molecule has 0 rings (SSSR count). The molecule has 0 aromatic rings. The van der Waals surface area contributed by atoms with Crippen molar-refractivity contribution in [3.8, 4) is 0 Å². The molecule has 0 heterocycles. The lowest BCUT2D eigenvalue weighted by atomic mass is 10.3. The minimum Gasteiger partial charge on any atom is -0.398 e. The maximum Gasteiger partial charge on any atom is 0.674 e. The highest BCUT2D eigenvalue weighted by molar-refractivity contribution is 7.18. The van der Waals surface area contributed by atoms with Crippen LogP contribution in [-0.2, 0) is 0 Å². The summed E-state index contributed by atoms with van der Waals surface area (Å²) < 4.78 is 40.4. The average molecular weight is 345 g/mol. The molecule has 0 saturated carbocycles. The fraction of sp³-hybridized carbons (Fsp3) is 1.00. The van der Waals surface area contributed by atoms with E-state index in [0.717, 1.165) is 0 Å². The molecular weight excluding hydrogens is 326 g/mol. The van der Waals surface area contributed by atoms with Gasteiger partial charge in [0.15, 0.2) is 0 Å². The van der Waals surface area contributed by atoms with Crippen LogP contribution >= 0.6 is 9.24 Å². The second kappa shape index (κ2) is 22.4. The van der Waals surface area contributed by atoms with Crippen LogP contribution in [0.15, 0.2) is 0 Å². The molecule has 0 aromatic carbocycles. The standard InChI is InChI=1S/C4H11P.4BFH2O2/c1-4(2,3)5;4*2-1(3)4/h5H2,1-3H3;4*3-4H. The van der Waals surface area contributed by atoms with Crippen LogP contribution in [0.3, 0.4) is 0 Å². The van der Waals surface area contributed by atoms with Gasteiger partial charge in [-0.15, -0.1) is 9.24 Å². The van der Waals surface area contributed by atoms with Gasteiger partial charge in [-0.25, -0.2) is 0 Å². The normalized spacial score (nSPS) is 8.00. The van der Waals surface area contributed by atoms with Crippen LogP contribution in [0.2, 0.25) is 0 Å². The van der Waals surface area contributed by atoms with E-state index in [2.05, 4.69) is 30.0 Å². The van der Waals surface area contributed by atoms with Crippen molar-refractivity contribution in [1.29, 1.82) is 0 Å². The van der Waals surface area contributed by atoms with E-state index in [1.54, 1.807) is 0 Å². The summed E-state index contributed by atoms with van der Waals surface area (Å²) in [5.41, 5.74) is 0. The van der Waals surface area contributed by atoms with Crippen LogP contribution in [0.1, 0.15) is 20.8 Å². The number of halogens is 4. The second-order valence-corrected chi connectivity index (χ2v) is 5.34. The molecule has 8 nitrogen and oxygen atoms in total. The van der Waals surface area contributed by atoms with Gasteiger partial charge in [-0.2, -0.15) is 0 Å². The molecule has 0 aliphatic heterocycles. The van der Waals surface area contributed by atoms with E-state index in [9.17, 15) is 17.3 Å². The molecule has 0 spiro atoms. The van der Waals surface area contributed by atoms with Gasteiger partial charge in [0, 0.05) is 0 Å². The van der Waals surface area contributed by atoms with Gasteiger partial charge < -0.3 is 40.2 Å². The third-order valence-electron chi connectivity index (χ3n) is 0. The molecule has 0 aliphatic carbocycles. The Morgan fingerprint density at radius 1 is 0.571 bits per heavy atom. The second-order valence-electron chi connectivity index (χ2n) is 3.61. The predicted octanol–water partition coefficient (Wildman–Crippen LogP) is -2.64. The Kier molecular flexibility index (Phi) is 35.0. The van der Waals surface area contributed by atoms with E-state index < -0.39 is 29.6 Å². The third kappa shape index (κ3) is 816000. The quantitative estimate of drug-likeness (QED) is 0.134. The zero-order valence-electron chi connectivity index (χ0n) is 11.5. The van der Waals surface area contributed by atoms with Crippen molar-refractivity contribution in [2.45, 2.75) is 25.9 Å².